The van der Waals surface area contributed by atoms with Crippen molar-refractivity contribution in [3.05, 3.63) is 73.9 Å². The van der Waals surface area contributed by atoms with Gasteiger partial charge in [-0.25, -0.2) is 9.36 Å². The number of fused-ring (bicyclic) bond motifs is 3. The van der Waals surface area contributed by atoms with Crippen molar-refractivity contribution in [3.8, 4) is 5.69 Å². The van der Waals surface area contributed by atoms with Crippen molar-refractivity contribution in [1.29, 1.82) is 0 Å². The maximum Gasteiger partial charge on any atom is 0.336 e. The first kappa shape index (κ1) is 16.1. The van der Waals surface area contributed by atoms with Crippen LogP contribution in [-0.2, 0) is 6.54 Å². The Morgan fingerprint density at radius 3 is 2.64 bits per heavy atom. The number of nitrogens with zero attached hydrogens (tertiary/aromatic N) is 2. The van der Waals surface area contributed by atoms with Crippen LogP contribution in [0.15, 0.2) is 52.1 Å². The first-order valence-electron chi connectivity index (χ1n) is 7.96. The second-order valence-corrected chi connectivity index (χ2v) is 7.36. The van der Waals surface area contributed by atoms with Gasteiger partial charge >= 0.3 is 5.69 Å². The van der Waals surface area contributed by atoms with Crippen LogP contribution in [0.3, 0.4) is 0 Å². The van der Waals surface area contributed by atoms with Crippen LogP contribution >= 0.6 is 22.9 Å². The maximum absolute atomic E-state index is 13.2. The molecule has 0 aliphatic rings. The van der Waals surface area contributed by atoms with Crippen LogP contribution in [0.5, 0.6) is 0 Å². The van der Waals surface area contributed by atoms with Gasteiger partial charge in [0.05, 0.1) is 11.2 Å². The number of hydrogen-bond acceptors (Lipinski definition) is 3. The minimum absolute atomic E-state index is 0.295. The second kappa shape index (κ2) is 5.86. The van der Waals surface area contributed by atoms with Crippen molar-refractivity contribution < 1.29 is 0 Å². The number of benzene rings is 2. The molecular formula is C19H15ClN2O2S. The van der Waals surface area contributed by atoms with Crippen molar-refractivity contribution in [2.75, 3.05) is 0 Å². The van der Waals surface area contributed by atoms with Gasteiger partial charge in [-0.05, 0) is 37.6 Å². The Balaban J connectivity index is 2.25. The lowest BCUT2D eigenvalue weighted by Crippen LogP contribution is -2.38. The van der Waals surface area contributed by atoms with Gasteiger partial charge in [-0.2, -0.15) is 0 Å². The SMILES string of the molecule is CCn1c(=O)n(-c2cc(Cl)ccc2C)c(=O)c2sc3ccccc3c21. The van der Waals surface area contributed by atoms with Gasteiger partial charge in [0, 0.05) is 21.7 Å². The van der Waals surface area contributed by atoms with E-state index in [2.05, 4.69) is 0 Å². The predicted molar refractivity (Wildman–Crippen MR) is 105 cm³/mol. The molecule has 0 unspecified atom stereocenters. The van der Waals surface area contributed by atoms with Crippen LogP contribution in [0, 0.1) is 6.92 Å². The molecule has 25 heavy (non-hydrogen) atoms. The minimum atomic E-state index is -0.339. The fourth-order valence-corrected chi connectivity index (χ4v) is 4.48. The summed E-state index contributed by atoms with van der Waals surface area (Å²) in [6.45, 7) is 4.26. The molecule has 4 rings (SSSR count). The molecule has 0 aliphatic heterocycles. The zero-order valence-corrected chi connectivity index (χ0v) is 15.3. The Kier molecular flexibility index (Phi) is 3.78. The van der Waals surface area contributed by atoms with E-state index in [0.29, 0.717) is 27.5 Å². The Hall–Kier alpha value is -2.37. The highest BCUT2D eigenvalue weighted by atomic mass is 35.5. The van der Waals surface area contributed by atoms with Crippen molar-refractivity contribution in [2.45, 2.75) is 20.4 Å². The molecule has 0 saturated carbocycles. The number of rotatable bonds is 2. The summed E-state index contributed by atoms with van der Waals surface area (Å²) in [5.41, 5.74) is 1.44. The molecule has 126 valence electrons. The molecule has 0 amide bonds. The van der Waals surface area contributed by atoms with Crippen LogP contribution in [0.1, 0.15) is 12.5 Å². The lowest BCUT2D eigenvalue weighted by atomic mass is 10.2. The van der Waals surface area contributed by atoms with E-state index >= 15 is 0 Å². The molecule has 2 heterocycles. The van der Waals surface area contributed by atoms with E-state index in [4.69, 9.17) is 11.6 Å². The van der Waals surface area contributed by atoms with Crippen molar-refractivity contribution >= 4 is 43.2 Å². The largest absolute Gasteiger partial charge is 0.336 e. The van der Waals surface area contributed by atoms with Gasteiger partial charge in [0.1, 0.15) is 4.70 Å². The molecule has 0 saturated heterocycles. The van der Waals surface area contributed by atoms with Gasteiger partial charge < -0.3 is 0 Å². The Labute approximate surface area is 152 Å². The Morgan fingerprint density at radius 2 is 1.88 bits per heavy atom. The second-order valence-electron chi connectivity index (χ2n) is 5.87. The summed E-state index contributed by atoms with van der Waals surface area (Å²) in [7, 11) is 0. The number of halogens is 1. The van der Waals surface area contributed by atoms with Crippen LogP contribution in [0.4, 0.5) is 0 Å². The van der Waals surface area contributed by atoms with Crippen LogP contribution < -0.4 is 11.2 Å². The molecule has 6 heteroatoms. The molecule has 0 fully saturated rings. The van der Waals surface area contributed by atoms with E-state index in [1.807, 2.05) is 44.2 Å². The van der Waals surface area contributed by atoms with Gasteiger partial charge in [0.25, 0.3) is 5.56 Å². The third kappa shape index (κ3) is 2.34. The fraction of sp³-hybridized carbons (Fsp3) is 0.158. The minimum Gasteiger partial charge on any atom is -0.292 e. The van der Waals surface area contributed by atoms with Crippen molar-refractivity contribution in [1.82, 2.24) is 9.13 Å². The lowest BCUT2D eigenvalue weighted by Gasteiger charge is -2.13. The summed E-state index contributed by atoms with van der Waals surface area (Å²) < 4.78 is 4.48. The van der Waals surface area contributed by atoms with E-state index in [1.165, 1.54) is 15.9 Å². The summed E-state index contributed by atoms with van der Waals surface area (Å²) >= 11 is 7.53. The van der Waals surface area contributed by atoms with Gasteiger partial charge in [0.15, 0.2) is 0 Å². The third-order valence-electron chi connectivity index (χ3n) is 4.39. The predicted octanol–water partition coefficient (Wildman–Crippen LogP) is 4.35. The zero-order chi connectivity index (χ0) is 17.7. The molecule has 4 aromatic rings. The summed E-state index contributed by atoms with van der Waals surface area (Å²) in [6.07, 6.45) is 0. The zero-order valence-electron chi connectivity index (χ0n) is 13.7. The highest BCUT2D eigenvalue weighted by molar-refractivity contribution is 7.25. The molecule has 0 spiro atoms. The smallest absolute Gasteiger partial charge is 0.292 e. The molecule has 2 aromatic carbocycles. The average Bonchev–Trinajstić information content (AvgIpc) is 2.98. The lowest BCUT2D eigenvalue weighted by molar-refractivity contribution is 0.694. The molecule has 0 N–H and O–H groups in total. The van der Waals surface area contributed by atoms with E-state index < -0.39 is 0 Å². The topological polar surface area (TPSA) is 44.0 Å². The van der Waals surface area contributed by atoms with Crippen LogP contribution in [0.2, 0.25) is 5.02 Å². The summed E-state index contributed by atoms with van der Waals surface area (Å²) in [5.74, 6) is 0. The van der Waals surface area contributed by atoms with Gasteiger partial charge in [-0.15, -0.1) is 11.3 Å². The summed E-state index contributed by atoms with van der Waals surface area (Å²) in [5, 5.41) is 1.43. The molecule has 0 bridgehead atoms. The summed E-state index contributed by atoms with van der Waals surface area (Å²) in [4.78, 5) is 26.3. The van der Waals surface area contributed by atoms with Gasteiger partial charge in [-0.1, -0.05) is 35.9 Å². The monoisotopic (exact) mass is 370 g/mol. The number of aromatic nitrogens is 2. The highest BCUT2D eigenvalue weighted by Gasteiger charge is 2.19. The first-order valence-corrected chi connectivity index (χ1v) is 9.16. The average molecular weight is 371 g/mol. The molecule has 0 aliphatic carbocycles. The van der Waals surface area contributed by atoms with E-state index in [1.54, 1.807) is 16.7 Å². The molecule has 2 aromatic heterocycles. The normalized spacial score (nSPS) is 11.5. The quantitative estimate of drug-likeness (QED) is 0.526. The van der Waals surface area contributed by atoms with E-state index in [9.17, 15) is 9.59 Å². The Bertz CT molecular complexity index is 1250. The molecular weight excluding hydrogens is 356 g/mol. The summed E-state index contributed by atoms with van der Waals surface area (Å²) in [6, 6.07) is 13.0. The van der Waals surface area contributed by atoms with Crippen LogP contribution in [0.25, 0.3) is 26.0 Å². The Morgan fingerprint density at radius 1 is 1.12 bits per heavy atom. The number of aryl methyl sites for hydroxylation is 2. The molecule has 0 atom stereocenters. The number of thiophene rings is 1. The highest BCUT2D eigenvalue weighted by Crippen LogP contribution is 2.31. The van der Waals surface area contributed by atoms with Gasteiger partial charge in [0.2, 0.25) is 0 Å². The van der Waals surface area contributed by atoms with E-state index in [-0.39, 0.29) is 11.2 Å². The standard InChI is InChI=1S/C19H15ClN2O2S/c1-3-21-16-13-6-4-5-7-15(13)25-17(16)18(23)22(19(21)24)14-10-12(20)9-8-11(14)2/h4-10H,3H2,1-2H3. The van der Waals surface area contributed by atoms with Crippen molar-refractivity contribution in [2.24, 2.45) is 0 Å². The van der Waals surface area contributed by atoms with Crippen molar-refractivity contribution in [3.63, 3.8) is 0 Å². The third-order valence-corrected chi connectivity index (χ3v) is 5.77. The van der Waals surface area contributed by atoms with Crippen LogP contribution in [-0.4, -0.2) is 9.13 Å². The fourth-order valence-electron chi connectivity index (χ4n) is 3.18. The molecule has 0 radical (unpaired) electrons. The number of hydrogen-bond donors (Lipinski definition) is 0. The first-order chi connectivity index (χ1) is 12.0. The van der Waals surface area contributed by atoms with E-state index in [0.717, 1.165) is 15.6 Å². The molecule has 4 nitrogen and oxygen atoms in total. The van der Waals surface area contributed by atoms with Gasteiger partial charge in [-0.3, -0.25) is 9.36 Å². The maximum atomic E-state index is 13.2.